The van der Waals surface area contributed by atoms with E-state index in [1.165, 1.54) is 0 Å². The third-order valence-electron chi connectivity index (χ3n) is 6.73. The molecule has 0 radical (unpaired) electrons. The van der Waals surface area contributed by atoms with E-state index in [2.05, 4.69) is 20.9 Å². The van der Waals surface area contributed by atoms with Gasteiger partial charge in [-0.15, -0.1) is 0 Å². The molecule has 0 aliphatic carbocycles. The monoisotopic (exact) mass is 646 g/mol. The van der Waals surface area contributed by atoms with Gasteiger partial charge in [0.2, 0.25) is 17.7 Å². The number of phosphoric acid groups is 1. The van der Waals surface area contributed by atoms with E-state index in [0.717, 1.165) is 22.0 Å². The largest absolute Gasteiger partial charge is 0.489 e. The van der Waals surface area contributed by atoms with Crippen molar-refractivity contribution < 1.29 is 42.7 Å². The number of hydrogen-bond donors (Lipinski definition) is 6. The number of benzene rings is 2. The maximum absolute atomic E-state index is 13.0. The summed E-state index contributed by atoms with van der Waals surface area (Å²) in [6.45, 7) is 5.08. The van der Waals surface area contributed by atoms with Gasteiger partial charge in [-0.3, -0.25) is 23.4 Å². The number of H-pyrrole nitrogens is 1. The summed E-state index contributed by atoms with van der Waals surface area (Å²) in [6.07, 6.45) is 1.46. The fourth-order valence-electron chi connectivity index (χ4n) is 4.31. The number of phosphoric ester groups is 1. The van der Waals surface area contributed by atoms with E-state index in [-0.39, 0.29) is 51.0 Å². The number of ether oxygens (including phenoxy) is 1. The molecule has 3 rings (SSSR count). The van der Waals surface area contributed by atoms with Crippen LogP contribution >= 0.6 is 7.82 Å². The molecule has 0 fully saturated rings. The SMILES string of the molecule is CC(O)CCNC(=O)CCOP(=O)(O)OCCNC(=O)[C@@H](NC(=O)Cc1c[nH]c2ccc(OCc3ccccc3)cc12)C(C)C. The topological polar surface area (TPSA) is 188 Å². The molecule has 3 amide bonds. The Balaban J connectivity index is 1.43. The molecule has 6 N–H and O–H groups in total. The molecule has 0 aliphatic rings. The zero-order valence-corrected chi connectivity index (χ0v) is 26.7. The Labute approximate surface area is 262 Å². The van der Waals surface area contributed by atoms with E-state index >= 15 is 0 Å². The average Bonchev–Trinajstić information content (AvgIpc) is 3.38. The number of carbonyl (C=O) groups excluding carboxylic acids is 3. The molecule has 0 aliphatic heterocycles. The molecule has 0 bridgehead atoms. The van der Waals surface area contributed by atoms with Crippen molar-refractivity contribution in [2.45, 2.75) is 58.8 Å². The lowest BCUT2D eigenvalue weighted by Gasteiger charge is -2.22. The lowest BCUT2D eigenvalue weighted by Crippen LogP contribution is -2.50. The first-order valence-electron chi connectivity index (χ1n) is 14.8. The van der Waals surface area contributed by atoms with Crippen molar-refractivity contribution in [3.05, 3.63) is 65.9 Å². The third kappa shape index (κ3) is 12.6. The molecule has 2 aromatic carbocycles. The van der Waals surface area contributed by atoms with Crippen molar-refractivity contribution in [1.82, 2.24) is 20.9 Å². The predicted octanol–water partition coefficient (Wildman–Crippen LogP) is 2.96. The highest BCUT2D eigenvalue weighted by Gasteiger charge is 2.25. The van der Waals surface area contributed by atoms with Crippen molar-refractivity contribution in [1.29, 1.82) is 0 Å². The first kappa shape index (κ1) is 35.7. The summed E-state index contributed by atoms with van der Waals surface area (Å²) in [6, 6.07) is 14.6. The average molecular weight is 647 g/mol. The Morgan fingerprint density at radius 3 is 2.40 bits per heavy atom. The summed E-state index contributed by atoms with van der Waals surface area (Å²) in [5, 5.41) is 18.0. The highest BCUT2D eigenvalue weighted by Crippen LogP contribution is 2.42. The normalized spacial score (nSPS) is 14.0. The van der Waals surface area contributed by atoms with E-state index < -0.39 is 31.8 Å². The minimum Gasteiger partial charge on any atom is -0.489 e. The van der Waals surface area contributed by atoms with Crippen molar-refractivity contribution in [3.63, 3.8) is 0 Å². The summed E-state index contributed by atoms with van der Waals surface area (Å²) in [4.78, 5) is 50.5. The molecule has 2 unspecified atom stereocenters. The summed E-state index contributed by atoms with van der Waals surface area (Å²) >= 11 is 0. The van der Waals surface area contributed by atoms with Gasteiger partial charge in [0.05, 0.1) is 32.2 Å². The third-order valence-corrected chi connectivity index (χ3v) is 7.75. The van der Waals surface area contributed by atoms with Crippen LogP contribution in [0.25, 0.3) is 10.9 Å². The number of aliphatic hydroxyl groups is 1. The van der Waals surface area contributed by atoms with Crippen molar-refractivity contribution in [2.75, 3.05) is 26.3 Å². The fraction of sp³-hybridized carbons (Fsp3) is 0.452. The minimum absolute atomic E-state index is 0.0331. The highest BCUT2D eigenvalue weighted by molar-refractivity contribution is 7.47. The van der Waals surface area contributed by atoms with E-state index in [4.69, 9.17) is 13.8 Å². The van der Waals surface area contributed by atoms with Gasteiger partial charge in [-0.25, -0.2) is 4.57 Å². The first-order valence-corrected chi connectivity index (χ1v) is 16.3. The molecule has 3 atom stereocenters. The number of aliphatic hydroxyl groups excluding tert-OH is 1. The molecule has 0 saturated heterocycles. The van der Waals surface area contributed by atoms with Crippen LogP contribution in [0.5, 0.6) is 5.75 Å². The van der Waals surface area contributed by atoms with Crippen molar-refractivity contribution >= 4 is 36.4 Å². The molecule has 1 heterocycles. The molecule has 0 spiro atoms. The van der Waals surface area contributed by atoms with Gasteiger partial charge >= 0.3 is 7.82 Å². The second kappa shape index (κ2) is 17.7. The lowest BCUT2D eigenvalue weighted by molar-refractivity contribution is -0.129. The molecule has 246 valence electrons. The van der Waals surface area contributed by atoms with E-state index in [1.807, 2.05) is 48.5 Å². The molecule has 45 heavy (non-hydrogen) atoms. The maximum Gasteiger partial charge on any atom is 0.472 e. The number of hydrogen-bond acceptors (Lipinski definition) is 8. The quantitative estimate of drug-likeness (QED) is 0.0841. The minimum atomic E-state index is -4.45. The van der Waals surface area contributed by atoms with E-state index in [0.29, 0.717) is 18.8 Å². The van der Waals surface area contributed by atoms with Crippen LogP contribution < -0.4 is 20.7 Å². The Kier molecular flexibility index (Phi) is 14.0. The van der Waals surface area contributed by atoms with Crippen LogP contribution in [0.4, 0.5) is 0 Å². The summed E-state index contributed by atoms with van der Waals surface area (Å²) in [5.74, 6) is -0.789. The van der Waals surface area contributed by atoms with Gasteiger partial charge in [0.1, 0.15) is 18.4 Å². The molecule has 14 heteroatoms. The molecular formula is C31H43N4O9P. The summed E-state index contributed by atoms with van der Waals surface area (Å²) in [7, 11) is -4.45. The van der Waals surface area contributed by atoms with Crippen LogP contribution in [-0.2, 0) is 41.0 Å². The highest BCUT2D eigenvalue weighted by atomic mass is 31.2. The number of carbonyl (C=O) groups is 3. The summed E-state index contributed by atoms with van der Waals surface area (Å²) < 4.78 is 27.7. The smallest absolute Gasteiger partial charge is 0.472 e. The van der Waals surface area contributed by atoms with Gasteiger partial charge < -0.3 is 35.7 Å². The zero-order chi connectivity index (χ0) is 32.8. The fourth-order valence-corrected chi connectivity index (χ4v) is 5.03. The number of aromatic nitrogens is 1. The van der Waals surface area contributed by atoms with Gasteiger partial charge in [0.15, 0.2) is 0 Å². The number of rotatable bonds is 19. The van der Waals surface area contributed by atoms with Gasteiger partial charge in [-0.05, 0) is 48.6 Å². The molecular weight excluding hydrogens is 603 g/mol. The Hall–Kier alpha value is -3.74. The number of aromatic amines is 1. The number of fused-ring (bicyclic) bond motifs is 1. The molecule has 13 nitrogen and oxygen atoms in total. The zero-order valence-electron chi connectivity index (χ0n) is 25.8. The van der Waals surface area contributed by atoms with E-state index in [1.54, 1.807) is 27.0 Å². The van der Waals surface area contributed by atoms with Crippen LogP contribution in [0.15, 0.2) is 54.7 Å². The van der Waals surface area contributed by atoms with Gasteiger partial charge in [-0.1, -0.05) is 44.2 Å². The summed E-state index contributed by atoms with van der Waals surface area (Å²) in [5.41, 5.74) is 2.64. The van der Waals surface area contributed by atoms with Crippen LogP contribution in [0.3, 0.4) is 0 Å². The van der Waals surface area contributed by atoms with Gasteiger partial charge in [0.25, 0.3) is 0 Å². The van der Waals surface area contributed by atoms with Crippen molar-refractivity contribution in [3.8, 4) is 5.75 Å². The van der Waals surface area contributed by atoms with Gasteiger partial charge in [-0.2, -0.15) is 0 Å². The number of nitrogens with one attached hydrogen (secondary N) is 4. The maximum atomic E-state index is 13.0. The molecule has 0 saturated carbocycles. The Morgan fingerprint density at radius 1 is 0.956 bits per heavy atom. The van der Waals surface area contributed by atoms with Crippen molar-refractivity contribution in [2.24, 2.45) is 5.92 Å². The second-order valence-electron chi connectivity index (χ2n) is 10.9. The van der Waals surface area contributed by atoms with Crippen LogP contribution in [0.2, 0.25) is 0 Å². The van der Waals surface area contributed by atoms with Crippen LogP contribution in [0.1, 0.15) is 44.7 Å². The molecule has 1 aromatic heterocycles. The lowest BCUT2D eigenvalue weighted by atomic mass is 10.0. The van der Waals surface area contributed by atoms with Crippen LogP contribution in [-0.4, -0.2) is 71.2 Å². The van der Waals surface area contributed by atoms with Crippen LogP contribution in [0, 0.1) is 5.92 Å². The first-order chi connectivity index (χ1) is 21.4. The standard InChI is InChI=1S/C31H43N4O9P/c1-21(2)30(31(39)33-14-16-44-45(40,41)43-15-12-28(37)32-13-11-22(3)36)35-29(38)17-24-19-34-27-10-9-25(18-26(24)27)42-20-23-7-5-4-6-8-23/h4-10,18-19,21-22,30,34,36H,11-17,20H2,1-3H3,(H,32,37)(H,33,39)(H,35,38)(H,40,41)/t22?,30-/m0/s1. The van der Waals surface area contributed by atoms with Gasteiger partial charge in [0, 0.05) is 30.2 Å². The Morgan fingerprint density at radius 2 is 1.69 bits per heavy atom. The second-order valence-corrected chi connectivity index (χ2v) is 12.4. The Bertz CT molecular complexity index is 1450. The van der Waals surface area contributed by atoms with E-state index in [9.17, 15) is 28.9 Å². The predicted molar refractivity (Wildman–Crippen MR) is 168 cm³/mol. The molecule has 3 aromatic rings. The number of amides is 3.